The molecular formula is C15H30N4S2. The van der Waals surface area contributed by atoms with Gasteiger partial charge in [0.1, 0.15) is 0 Å². The van der Waals surface area contributed by atoms with Gasteiger partial charge in [-0.25, -0.2) is 0 Å². The summed E-state index contributed by atoms with van der Waals surface area (Å²) in [5.74, 6) is 0. The molecular weight excluding hydrogens is 300 g/mol. The summed E-state index contributed by atoms with van der Waals surface area (Å²) < 4.78 is 0. The lowest BCUT2D eigenvalue weighted by Crippen LogP contribution is -2.26. The van der Waals surface area contributed by atoms with E-state index in [1.54, 1.807) is 6.20 Å². The molecule has 4 nitrogen and oxygen atoms in total. The minimum atomic E-state index is 0.122. The molecule has 0 spiro atoms. The normalized spacial score (nSPS) is 15.2. The maximum atomic E-state index is 4.65. The van der Waals surface area contributed by atoms with Crippen LogP contribution in [-0.2, 0) is 0 Å². The lowest BCUT2D eigenvalue weighted by atomic mass is 10.1. The van der Waals surface area contributed by atoms with Crippen molar-refractivity contribution < 1.29 is 0 Å². The van der Waals surface area contributed by atoms with E-state index in [9.17, 15) is 0 Å². The number of aliphatic imine (C=N–C) groups is 2. The highest BCUT2D eigenvalue weighted by Gasteiger charge is 2.04. The molecule has 2 N–H and O–H groups in total. The Morgan fingerprint density at radius 3 is 2.29 bits per heavy atom. The van der Waals surface area contributed by atoms with E-state index < -0.39 is 0 Å². The van der Waals surface area contributed by atoms with Crippen molar-refractivity contribution in [3.8, 4) is 0 Å². The van der Waals surface area contributed by atoms with Crippen molar-refractivity contribution in [1.29, 1.82) is 0 Å². The summed E-state index contributed by atoms with van der Waals surface area (Å²) >= 11 is 8.78. The van der Waals surface area contributed by atoms with Gasteiger partial charge in [0.05, 0.1) is 23.1 Å². The molecule has 0 aromatic carbocycles. The van der Waals surface area contributed by atoms with E-state index in [-0.39, 0.29) is 5.37 Å². The van der Waals surface area contributed by atoms with Gasteiger partial charge in [0.15, 0.2) is 0 Å². The van der Waals surface area contributed by atoms with Gasteiger partial charge in [-0.3, -0.25) is 9.98 Å². The summed E-state index contributed by atoms with van der Waals surface area (Å²) in [6, 6.07) is 0. The van der Waals surface area contributed by atoms with Gasteiger partial charge >= 0.3 is 0 Å². The Morgan fingerprint density at radius 2 is 1.76 bits per heavy atom. The fraction of sp³-hybridized carbons (Fsp3) is 0.733. The third-order valence-corrected chi connectivity index (χ3v) is 3.50. The maximum Gasteiger partial charge on any atom is 0.0836 e. The Bertz CT molecular complexity index is 365. The highest BCUT2D eigenvalue weighted by atomic mass is 32.1. The number of thiol groups is 2. The fourth-order valence-corrected chi connectivity index (χ4v) is 2.17. The first-order valence-corrected chi connectivity index (χ1v) is 8.65. The van der Waals surface area contributed by atoms with E-state index in [1.165, 1.54) is 5.71 Å². The standard InChI is InChI=1S/C15H30N4S2/c1-5-12(18-10-14(20)16-7-3)9-13(6-2)19-11-15(21)17-8-4/h10,15-17,20-21H,5-9,11H2,1-4H3/b14-10-,18-12?,19-13?. The third-order valence-electron chi connectivity index (χ3n) is 2.88. The predicted octanol–water partition coefficient (Wildman–Crippen LogP) is 3.28. The highest BCUT2D eigenvalue weighted by Crippen LogP contribution is 2.04. The van der Waals surface area contributed by atoms with Crippen LogP contribution in [0.15, 0.2) is 21.2 Å². The molecule has 1 unspecified atom stereocenters. The number of hydrogen-bond donors (Lipinski definition) is 4. The maximum absolute atomic E-state index is 4.65. The van der Waals surface area contributed by atoms with Crippen LogP contribution in [0.2, 0.25) is 0 Å². The Balaban J connectivity index is 4.64. The van der Waals surface area contributed by atoms with Crippen molar-refractivity contribution in [2.24, 2.45) is 9.98 Å². The largest absolute Gasteiger partial charge is 0.379 e. The summed E-state index contributed by atoms with van der Waals surface area (Å²) in [6.07, 6.45) is 4.46. The zero-order chi connectivity index (χ0) is 16.1. The molecule has 0 amide bonds. The Kier molecular flexibility index (Phi) is 12.9. The topological polar surface area (TPSA) is 48.8 Å². The van der Waals surface area contributed by atoms with E-state index in [4.69, 9.17) is 0 Å². The average molecular weight is 331 g/mol. The van der Waals surface area contributed by atoms with Crippen LogP contribution in [0, 0.1) is 0 Å². The van der Waals surface area contributed by atoms with Crippen LogP contribution in [-0.4, -0.2) is 36.4 Å². The van der Waals surface area contributed by atoms with E-state index in [2.05, 4.69) is 66.6 Å². The molecule has 0 heterocycles. The first kappa shape index (κ1) is 20.5. The van der Waals surface area contributed by atoms with Gasteiger partial charge in [0, 0.05) is 24.4 Å². The molecule has 0 aliphatic carbocycles. The molecule has 0 rings (SSSR count). The number of likely N-dealkylation sites (N-methyl/N-ethyl adjacent to an activating group) is 1. The smallest absolute Gasteiger partial charge is 0.0836 e. The van der Waals surface area contributed by atoms with Gasteiger partial charge in [-0.2, -0.15) is 12.6 Å². The Labute approximate surface area is 140 Å². The van der Waals surface area contributed by atoms with Crippen LogP contribution in [0.1, 0.15) is 47.0 Å². The predicted molar refractivity (Wildman–Crippen MR) is 102 cm³/mol. The van der Waals surface area contributed by atoms with Crippen molar-refractivity contribution in [2.45, 2.75) is 52.3 Å². The molecule has 0 aliphatic rings. The quantitative estimate of drug-likeness (QED) is 0.267. The average Bonchev–Trinajstić information content (AvgIpc) is 2.47. The molecule has 0 aromatic heterocycles. The van der Waals surface area contributed by atoms with E-state index in [0.717, 1.165) is 43.1 Å². The minimum Gasteiger partial charge on any atom is -0.379 e. The molecule has 0 bridgehead atoms. The molecule has 0 aromatic rings. The second-order valence-electron chi connectivity index (χ2n) is 4.60. The van der Waals surface area contributed by atoms with Crippen molar-refractivity contribution >= 4 is 36.7 Å². The Morgan fingerprint density at radius 1 is 1.10 bits per heavy atom. The molecule has 6 heteroatoms. The van der Waals surface area contributed by atoms with Gasteiger partial charge in [0.25, 0.3) is 0 Å². The second-order valence-corrected chi connectivity index (χ2v) is 5.71. The summed E-state index contributed by atoms with van der Waals surface area (Å²) in [4.78, 5) is 9.17. The second kappa shape index (κ2) is 13.2. The molecule has 0 fully saturated rings. The van der Waals surface area contributed by atoms with E-state index in [0.29, 0.717) is 6.54 Å². The van der Waals surface area contributed by atoms with Crippen LogP contribution < -0.4 is 10.6 Å². The van der Waals surface area contributed by atoms with Gasteiger partial charge in [-0.15, -0.1) is 12.6 Å². The number of nitrogens with one attached hydrogen (secondary N) is 2. The monoisotopic (exact) mass is 330 g/mol. The fourth-order valence-electron chi connectivity index (χ4n) is 1.69. The van der Waals surface area contributed by atoms with E-state index >= 15 is 0 Å². The first-order chi connectivity index (χ1) is 10.1. The molecule has 21 heavy (non-hydrogen) atoms. The molecule has 0 radical (unpaired) electrons. The zero-order valence-electron chi connectivity index (χ0n) is 13.7. The van der Waals surface area contributed by atoms with Crippen LogP contribution in [0.25, 0.3) is 0 Å². The van der Waals surface area contributed by atoms with Crippen molar-refractivity contribution in [2.75, 3.05) is 19.6 Å². The van der Waals surface area contributed by atoms with Crippen molar-refractivity contribution in [3.05, 3.63) is 11.2 Å². The number of nitrogens with zero attached hydrogens (tertiary/aromatic N) is 2. The molecule has 0 saturated carbocycles. The first-order valence-electron chi connectivity index (χ1n) is 7.69. The van der Waals surface area contributed by atoms with Gasteiger partial charge in [-0.1, -0.05) is 20.8 Å². The third kappa shape index (κ3) is 10.8. The van der Waals surface area contributed by atoms with Crippen LogP contribution in [0.4, 0.5) is 0 Å². The minimum absolute atomic E-state index is 0.122. The number of hydrogen-bond acceptors (Lipinski definition) is 6. The van der Waals surface area contributed by atoms with E-state index in [1.807, 2.05) is 6.92 Å². The van der Waals surface area contributed by atoms with Gasteiger partial charge in [-0.05, 0) is 26.3 Å². The molecule has 1 atom stereocenters. The summed E-state index contributed by atoms with van der Waals surface area (Å²) in [5.41, 5.74) is 2.30. The molecule has 0 saturated heterocycles. The van der Waals surface area contributed by atoms with Gasteiger partial charge in [0.2, 0.25) is 0 Å². The summed E-state index contributed by atoms with van der Waals surface area (Å²) in [6.45, 7) is 10.8. The van der Waals surface area contributed by atoms with Crippen LogP contribution >= 0.6 is 25.3 Å². The summed E-state index contributed by atoms with van der Waals surface area (Å²) in [5, 5.41) is 7.28. The zero-order valence-corrected chi connectivity index (χ0v) is 15.5. The van der Waals surface area contributed by atoms with Gasteiger partial charge < -0.3 is 10.6 Å². The van der Waals surface area contributed by atoms with Crippen molar-refractivity contribution in [3.63, 3.8) is 0 Å². The van der Waals surface area contributed by atoms with Crippen molar-refractivity contribution in [1.82, 2.24) is 10.6 Å². The lowest BCUT2D eigenvalue weighted by Gasteiger charge is -2.10. The molecule has 0 aliphatic heterocycles. The number of rotatable bonds is 11. The SMILES string of the molecule is CCN/C(S)=C/N=C(CC)CC(CC)=NCC(S)NCC. The molecule has 122 valence electrons. The lowest BCUT2D eigenvalue weighted by molar-refractivity contribution is 0.685. The van der Waals surface area contributed by atoms with Crippen LogP contribution in [0.3, 0.4) is 0 Å². The highest BCUT2D eigenvalue weighted by molar-refractivity contribution is 7.84. The Hall–Kier alpha value is -0.460. The summed E-state index contributed by atoms with van der Waals surface area (Å²) in [7, 11) is 0. The van der Waals surface area contributed by atoms with Crippen LogP contribution in [0.5, 0.6) is 0 Å².